The van der Waals surface area contributed by atoms with Gasteiger partial charge in [0.05, 0.1) is 25.0 Å². The molecule has 0 amide bonds. The van der Waals surface area contributed by atoms with Gasteiger partial charge in [-0.15, -0.1) is 11.8 Å². The van der Waals surface area contributed by atoms with Gasteiger partial charge in [0.25, 0.3) is 5.95 Å². The summed E-state index contributed by atoms with van der Waals surface area (Å²) >= 11 is 1.32. The smallest absolute Gasteiger partial charge is 0.303 e. The largest absolute Gasteiger partial charge is 0.463 e. The maximum Gasteiger partial charge on any atom is 0.303 e. The third-order valence-electron chi connectivity index (χ3n) is 5.07. The highest BCUT2D eigenvalue weighted by molar-refractivity contribution is 7.99. The van der Waals surface area contributed by atoms with E-state index in [1.807, 2.05) is 13.8 Å². The van der Waals surface area contributed by atoms with Gasteiger partial charge in [-0.1, -0.05) is 13.8 Å². The van der Waals surface area contributed by atoms with E-state index in [1.54, 1.807) is 6.92 Å². The number of ether oxygens (including phenoxy) is 6. The standard InChI is InChI=1S/C23H34N2O9S/c1-13(21-30-11-23(5,6)12-31-21)25-18-20(33-16(4)28)19(32-15(3)27)17(10-29-14(2)26)34-22(18)35-9-7-8-24/h17-20,22,25H,7,9-12H2,1-6H3/t17-,18-,19-,20-,22?/m1/s1. The molecule has 0 bridgehead atoms. The van der Waals surface area contributed by atoms with Gasteiger partial charge in [0.1, 0.15) is 24.2 Å². The summed E-state index contributed by atoms with van der Waals surface area (Å²) in [6.45, 7) is 10.2. The fourth-order valence-electron chi connectivity index (χ4n) is 3.55. The van der Waals surface area contributed by atoms with Crippen molar-refractivity contribution in [3.05, 3.63) is 11.6 Å². The lowest BCUT2D eigenvalue weighted by molar-refractivity contribution is -0.211. The van der Waals surface area contributed by atoms with Crippen LogP contribution in [-0.4, -0.2) is 73.3 Å². The van der Waals surface area contributed by atoms with E-state index in [1.165, 1.54) is 32.5 Å². The molecule has 0 aliphatic carbocycles. The Hall–Kier alpha value is -2.65. The summed E-state index contributed by atoms with van der Waals surface area (Å²) in [5, 5.41) is 12.2. The summed E-state index contributed by atoms with van der Waals surface area (Å²) in [5.41, 5.74) is -0.259. The molecule has 0 aromatic carbocycles. The number of esters is 3. The lowest BCUT2D eigenvalue weighted by atomic mass is 9.96. The highest BCUT2D eigenvalue weighted by Gasteiger charge is 2.50. The Balaban J connectivity index is 2.40. The van der Waals surface area contributed by atoms with E-state index in [4.69, 9.17) is 33.7 Å². The van der Waals surface area contributed by atoms with Gasteiger partial charge in [-0.05, 0) is 6.92 Å². The molecule has 35 heavy (non-hydrogen) atoms. The monoisotopic (exact) mass is 514 g/mol. The zero-order valence-corrected chi connectivity index (χ0v) is 21.8. The zero-order valence-electron chi connectivity index (χ0n) is 21.0. The first-order valence-corrected chi connectivity index (χ1v) is 12.3. The molecule has 12 heteroatoms. The van der Waals surface area contributed by atoms with Crippen LogP contribution in [0.15, 0.2) is 11.6 Å². The minimum Gasteiger partial charge on any atom is -0.463 e. The second kappa shape index (κ2) is 12.9. The molecular weight excluding hydrogens is 480 g/mol. The maximum atomic E-state index is 12.1. The molecule has 1 N–H and O–H groups in total. The first kappa shape index (κ1) is 28.6. The predicted octanol–water partition coefficient (Wildman–Crippen LogP) is 2.00. The highest BCUT2D eigenvalue weighted by Crippen LogP contribution is 2.34. The Labute approximate surface area is 209 Å². The molecule has 2 saturated heterocycles. The number of nitrogens with zero attached hydrogens (tertiary/aromatic N) is 1. The highest BCUT2D eigenvalue weighted by atomic mass is 32.2. The molecule has 0 aromatic heterocycles. The van der Waals surface area contributed by atoms with Crippen LogP contribution < -0.4 is 5.32 Å². The molecule has 0 spiro atoms. The van der Waals surface area contributed by atoms with Gasteiger partial charge in [0.2, 0.25) is 0 Å². The van der Waals surface area contributed by atoms with Crippen molar-refractivity contribution in [1.29, 1.82) is 5.26 Å². The minimum atomic E-state index is -1.06. The van der Waals surface area contributed by atoms with E-state index in [2.05, 4.69) is 11.4 Å². The average Bonchev–Trinajstić information content (AvgIpc) is 2.75. The topological polar surface area (TPSA) is 142 Å². The first-order valence-electron chi connectivity index (χ1n) is 11.3. The van der Waals surface area contributed by atoms with Crippen LogP contribution in [0, 0.1) is 16.7 Å². The number of thioether (sulfide) groups is 1. The molecule has 11 nitrogen and oxygen atoms in total. The number of allylic oxidation sites excluding steroid dienone is 1. The number of rotatable bonds is 9. The molecule has 196 valence electrons. The third kappa shape index (κ3) is 8.81. The van der Waals surface area contributed by atoms with Crippen molar-refractivity contribution in [2.45, 2.75) is 77.8 Å². The second-order valence-corrected chi connectivity index (χ2v) is 10.3. The van der Waals surface area contributed by atoms with Crippen LogP contribution in [0.4, 0.5) is 0 Å². The van der Waals surface area contributed by atoms with Crippen LogP contribution >= 0.6 is 11.8 Å². The maximum absolute atomic E-state index is 12.1. The van der Waals surface area contributed by atoms with Crippen LogP contribution in [0.25, 0.3) is 0 Å². The molecule has 5 atom stereocenters. The molecule has 0 saturated carbocycles. The lowest BCUT2D eigenvalue weighted by Crippen LogP contribution is -2.64. The number of hydrogen-bond donors (Lipinski definition) is 1. The Kier molecular flexibility index (Phi) is 10.5. The van der Waals surface area contributed by atoms with Crippen molar-refractivity contribution in [1.82, 2.24) is 5.32 Å². The number of nitrogens with one attached hydrogen (secondary N) is 1. The molecule has 2 aliphatic rings. The van der Waals surface area contributed by atoms with Crippen LogP contribution in [0.2, 0.25) is 0 Å². The third-order valence-corrected chi connectivity index (χ3v) is 6.25. The van der Waals surface area contributed by atoms with Crippen LogP contribution in [-0.2, 0) is 42.8 Å². The van der Waals surface area contributed by atoms with Crippen molar-refractivity contribution >= 4 is 29.7 Å². The second-order valence-electron chi connectivity index (χ2n) is 9.10. The van der Waals surface area contributed by atoms with Crippen molar-refractivity contribution in [3.8, 4) is 6.07 Å². The van der Waals surface area contributed by atoms with Crippen molar-refractivity contribution in [2.75, 3.05) is 25.6 Å². The van der Waals surface area contributed by atoms with Crippen molar-refractivity contribution in [2.24, 2.45) is 5.41 Å². The van der Waals surface area contributed by atoms with Crippen molar-refractivity contribution < 1.29 is 42.8 Å². The molecular formula is C23H34N2O9S. The van der Waals surface area contributed by atoms with E-state index in [0.29, 0.717) is 30.6 Å². The molecule has 1 unspecified atom stereocenters. The predicted molar refractivity (Wildman–Crippen MR) is 124 cm³/mol. The number of nitriles is 1. The van der Waals surface area contributed by atoms with E-state index in [0.717, 1.165) is 0 Å². The Morgan fingerprint density at radius 3 is 2.20 bits per heavy atom. The van der Waals surface area contributed by atoms with Gasteiger partial charge < -0.3 is 33.7 Å². The first-order chi connectivity index (χ1) is 16.4. The Bertz CT molecular complexity index is 842. The summed E-state index contributed by atoms with van der Waals surface area (Å²) in [6, 6.07) is 1.37. The summed E-state index contributed by atoms with van der Waals surface area (Å²) in [4.78, 5) is 35.4. The average molecular weight is 515 g/mol. The zero-order chi connectivity index (χ0) is 26.2. The van der Waals surface area contributed by atoms with Gasteiger partial charge in [-0.25, -0.2) is 0 Å². The lowest BCUT2D eigenvalue weighted by Gasteiger charge is -2.45. The molecule has 0 aromatic rings. The summed E-state index contributed by atoms with van der Waals surface area (Å²) in [7, 11) is 0. The van der Waals surface area contributed by atoms with E-state index < -0.39 is 47.7 Å². The molecule has 0 radical (unpaired) electrons. The number of hydrogen-bond acceptors (Lipinski definition) is 12. The number of carbonyl (C=O) groups excluding carboxylic acids is 3. The quantitative estimate of drug-likeness (QED) is 0.273. The Morgan fingerprint density at radius 1 is 1.06 bits per heavy atom. The molecule has 2 heterocycles. The van der Waals surface area contributed by atoms with Crippen LogP contribution in [0.1, 0.15) is 48.0 Å². The normalized spacial score (nSPS) is 27.3. The fourth-order valence-corrected chi connectivity index (χ4v) is 4.64. The summed E-state index contributed by atoms with van der Waals surface area (Å²) in [6.07, 6.45) is -2.70. The van der Waals surface area contributed by atoms with Crippen LogP contribution in [0.5, 0.6) is 0 Å². The molecule has 2 rings (SSSR count). The van der Waals surface area contributed by atoms with Gasteiger partial charge in [-0.2, -0.15) is 5.26 Å². The SMILES string of the molecule is CC(=O)OC[C@H]1OC(SCCC#N)[C@H](NC(C)=C2OCC(C)(C)CO2)[C@@H](OC(C)=O)[C@@H]1OC(C)=O. The Morgan fingerprint density at radius 2 is 1.66 bits per heavy atom. The van der Waals surface area contributed by atoms with Crippen LogP contribution in [0.3, 0.4) is 0 Å². The molecule has 2 fully saturated rings. The number of carbonyl (C=O) groups is 3. The fraction of sp³-hybridized carbons (Fsp3) is 0.739. The minimum absolute atomic E-state index is 0.141. The van der Waals surface area contributed by atoms with E-state index in [-0.39, 0.29) is 18.4 Å². The van der Waals surface area contributed by atoms with Gasteiger partial charge in [0.15, 0.2) is 12.2 Å². The van der Waals surface area contributed by atoms with Gasteiger partial charge >= 0.3 is 17.9 Å². The van der Waals surface area contributed by atoms with E-state index >= 15 is 0 Å². The van der Waals surface area contributed by atoms with Gasteiger partial charge in [-0.3, -0.25) is 14.4 Å². The van der Waals surface area contributed by atoms with E-state index in [9.17, 15) is 14.4 Å². The van der Waals surface area contributed by atoms with Crippen molar-refractivity contribution in [3.63, 3.8) is 0 Å². The van der Waals surface area contributed by atoms with Gasteiger partial charge in [0, 0.05) is 38.4 Å². The molecule has 2 aliphatic heterocycles. The summed E-state index contributed by atoms with van der Waals surface area (Å²) < 4.78 is 34.0. The summed E-state index contributed by atoms with van der Waals surface area (Å²) in [5.74, 6) is -1.01.